The van der Waals surface area contributed by atoms with Crippen LogP contribution in [0.5, 0.6) is 0 Å². The Morgan fingerprint density at radius 2 is 0.636 bits per heavy atom. The third-order valence-electron chi connectivity index (χ3n) is 12.0. The van der Waals surface area contributed by atoms with Crippen LogP contribution in [0.25, 0.3) is 0 Å². The first-order chi connectivity index (χ1) is 32.5. The van der Waals surface area contributed by atoms with Gasteiger partial charge in [0, 0.05) is 19.3 Å². The molecule has 0 rings (SSSR count). The average Bonchev–Trinajstić information content (AvgIpc) is 3.31. The number of ether oxygens (including phenoxy) is 3. The Hall–Kier alpha value is -3.15. The Morgan fingerprint density at radius 1 is 0.333 bits per heavy atom. The van der Waals surface area contributed by atoms with Crippen LogP contribution in [0.4, 0.5) is 0 Å². The molecule has 0 radical (unpaired) electrons. The fraction of sp³-hybridized carbons (Fsp3) is 0.750. The second-order valence-electron chi connectivity index (χ2n) is 18.5. The zero-order valence-electron chi connectivity index (χ0n) is 43.4. The lowest BCUT2D eigenvalue weighted by atomic mass is 10.1. The van der Waals surface area contributed by atoms with E-state index in [0.717, 1.165) is 89.9 Å². The van der Waals surface area contributed by atoms with Crippen LogP contribution < -0.4 is 0 Å². The minimum Gasteiger partial charge on any atom is -0.462 e. The van der Waals surface area contributed by atoms with Crippen LogP contribution in [0.1, 0.15) is 271 Å². The highest BCUT2D eigenvalue weighted by molar-refractivity contribution is 5.71. The van der Waals surface area contributed by atoms with E-state index in [2.05, 4.69) is 93.7 Å². The van der Waals surface area contributed by atoms with Crippen molar-refractivity contribution in [2.24, 2.45) is 0 Å². The maximum atomic E-state index is 12.8. The predicted molar refractivity (Wildman–Crippen MR) is 284 cm³/mol. The molecule has 1 atom stereocenters. The second-order valence-corrected chi connectivity index (χ2v) is 18.5. The van der Waals surface area contributed by atoms with Gasteiger partial charge in [-0.25, -0.2) is 0 Å². The Balaban J connectivity index is 4.38. The van der Waals surface area contributed by atoms with E-state index in [1.54, 1.807) is 0 Å². The van der Waals surface area contributed by atoms with Crippen LogP contribution >= 0.6 is 0 Å². The summed E-state index contributed by atoms with van der Waals surface area (Å²) in [6.45, 7) is 6.47. The van der Waals surface area contributed by atoms with Gasteiger partial charge in [0.15, 0.2) is 6.10 Å². The molecule has 0 N–H and O–H groups in total. The number of hydrogen-bond acceptors (Lipinski definition) is 6. The van der Waals surface area contributed by atoms with Gasteiger partial charge in [0.1, 0.15) is 13.2 Å². The molecule has 66 heavy (non-hydrogen) atoms. The van der Waals surface area contributed by atoms with E-state index in [1.165, 1.54) is 141 Å². The molecule has 0 aromatic rings. The normalized spacial score (nSPS) is 12.6. The minimum absolute atomic E-state index is 0.0842. The number of carbonyl (C=O) groups excluding carboxylic acids is 3. The van der Waals surface area contributed by atoms with Gasteiger partial charge < -0.3 is 14.2 Å². The number of carbonyl (C=O) groups is 3. The third-order valence-corrected chi connectivity index (χ3v) is 12.0. The van der Waals surface area contributed by atoms with Gasteiger partial charge in [0.05, 0.1) is 0 Å². The molecule has 0 heterocycles. The van der Waals surface area contributed by atoms with E-state index >= 15 is 0 Å². The maximum Gasteiger partial charge on any atom is 0.306 e. The van der Waals surface area contributed by atoms with Crippen LogP contribution in [0.15, 0.2) is 72.9 Å². The van der Waals surface area contributed by atoms with Gasteiger partial charge in [-0.15, -0.1) is 0 Å². The molecule has 0 aliphatic carbocycles. The van der Waals surface area contributed by atoms with Gasteiger partial charge in [-0.2, -0.15) is 0 Å². The number of hydrogen-bond donors (Lipinski definition) is 0. The van der Waals surface area contributed by atoms with Gasteiger partial charge in [0.25, 0.3) is 0 Å². The van der Waals surface area contributed by atoms with Gasteiger partial charge in [-0.1, -0.05) is 229 Å². The minimum atomic E-state index is -0.786. The fourth-order valence-electron chi connectivity index (χ4n) is 7.76. The summed E-state index contributed by atoms with van der Waals surface area (Å²) in [5, 5.41) is 0. The van der Waals surface area contributed by atoms with Crippen molar-refractivity contribution in [3.05, 3.63) is 72.9 Å². The van der Waals surface area contributed by atoms with Crippen molar-refractivity contribution in [3.8, 4) is 0 Å². The molecule has 1 unspecified atom stereocenters. The highest BCUT2D eigenvalue weighted by Crippen LogP contribution is 2.15. The first-order valence-electron chi connectivity index (χ1n) is 28.0. The smallest absolute Gasteiger partial charge is 0.306 e. The van der Waals surface area contributed by atoms with E-state index in [0.29, 0.717) is 19.3 Å². The molecule has 0 aliphatic rings. The molecule has 0 aromatic carbocycles. The predicted octanol–water partition coefficient (Wildman–Crippen LogP) is 18.6. The first-order valence-corrected chi connectivity index (χ1v) is 28.0. The molecule has 0 fully saturated rings. The molecule has 6 nitrogen and oxygen atoms in total. The average molecular weight is 921 g/mol. The molecule has 0 aliphatic heterocycles. The lowest BCUT2D eigenvalue weighted by Crippen LogP contribution is -2.30. The molecule has 0 amide bonds. The Labute approximate surface area is 408 Å². The molecule has 0 saturated carbocycles. The summed E-state index contributed by atoms with van der Waals surface area (Å²) >= 11 is 0. The van der Waals surface area contributed by atoms with Crippen LogP contribution in [-0.2, 0) is 28.6 Å². The lowest BCUT2D eigenvalue weighted by molar-refractivity contribution is -0.167. The van der Waals surface area contributed by atoms with E-state index in [9.17, 15) is 14.4 Å². The van der Waals surface area contributed by atoms with Crippen molar-refractivity contribution >= 4 is 17.9 Å². The van der Waals surface area contributed by atoms with E-state index in [-0.39, 0.29) is 31.1 Å². The molecule has 0 spiro atoms. The highest BCUT2D eigenvalue weighted by Gasteiger charge is 2.19. The molecular formula is C60H104O6. The quantitative estimate of drug-likeness (QED) is 0.0199. The van der Waals surface area contributed by atoms with Gasteiger partial charge >= 0.3 is 17.9 Å². The first kappa shape index (κ1) is 62.8. The van der Waals surface area contributed by atoms with Crippen LogP contribution in [0, 0.1) is 0 Å². The van der Waals surface area contributed by atoms with Gasteiger partial charge in [-0.05, 0) is 96.3 Å². The summed E-state index contributed by atoms with van der Waals surface area (Å²) in [5.74, 6) is -0.902. The largest absolute Gasteiger partial charge is 0.462 e. The number of allylic oxidation sites excluding steroid dienone is 12. The fourth-order valence-corrected chi connectivity index (χ4v) is 7.76. The summed E-state index contributed by atoms with van der Waals surface area (Å²) in [4.78, 5) is 38.1. The number of esters is 3. The van der Waals surface area contributed by atoms with Gasteiger partial charge in [-0.3, -0.25) is 14.4 Å². The topological polar surface area (TPSA) is 78.9 Å². The van der Waals surface area contributed by atoms with E-state index < -0.39 is 6.10 Å². The summed E-state index contributed by atoms with van der Waals surface area (Å²) in [6, 6.07) is 0. The van der Waals surface area contributed by atoms with Crippen LogP contribution in [0.3, 0.4) is 0 Å². The summed E-state index contributed by atoms with van der Waals surface area (Å²) in [7, 11) is 0. The molecular weight excluding hydrogens is 817 g/mol. The summed E-state index contributed by atoms with van der Waals surface area (Å²) < 4.78 is 16.8. The van der Waals surface area contributed by atoms with Crippen molar-refractivity contribution in [2.75, 3.05) is 13.2 Å². The van der Waals surface area contributed by atoms with Crippen molar-refractivity contribution in [1.82, 2.24) is 0 Å². The van der Waals surface area contributed by atoms with Crippen molar-refractivity contribution in [2.45, 2.75) is 277 Å². The highest BCUT2D eigenvalue weighted by atomic mass is 16.6. The standard InChI is InChI=1S/C60H104O6/c1-4-7-10-13-16-19-22-25-28-29-30-31-33-35-38-41-44-47-50-53-59(62)65-56-57(55-64-58(61)52-49-46-43-40-37-34-27-24-21-18-15-12-9-6-3)66-60(63)54-51-48-45-42-39-36-32-26-23-20-17-14-11-8-5-2/h9,12,16-23,25-26,57H,4-8,10-11,13-15,24,27-56H2,1-3H3/b12-9-,19-16-,20-17-,21-18-,25-22-,26-23-. The molecule has 6 heteroatoms. The molecule has 380 valence electrons. The monoisotopic (exact) mass is 921 g/mol. The van der Waals surface area contributed by atoms with Crippen molar-refractivity contribution in [3.63, 3.8) is 0 Å². The number of unbranched alkanes of at least 4 members (excludes halogenated alkanes) is 29. The van der Waals surface area contributed by atoms with Gasteiger partial charge in [0.2, 0.25) is 0 Å². The molecule has 0 saturated heterocycles. The van der Waals surface area contributed by atoms with E-state index in [1.807, 2.05) is 0 Å². The second kappa shape index (κ2) is 54.5. The summed E-state index contributed by atoms with van der Waals surface area (Å²) in [6.07, 6.45) is 68.8. The SMILES string of the molecule is CC/C=C\C/C=C\CCCCCCCCCC(=O)OCC(COC(=O)CCCCCCCCCCCC/C=C\C=C/CCCCC)OC(=O)CCCCCCCC/C=C\C=C/CCCCC. The van der Waals surface area contributed by atoms with Crippen LogP contribution in [0.2, 0.25) is 0 Å². The Kier molecular flexibility index (Phi) is 51.9. The lowest BCUT2D eigenvalue weighted by Gasteiger charge is -2.18. The number of rotatable bonds is 50. The molecule has 0 bridgehead atoms. The van der Waals surface area contributed by atoms with Crippen LogP contribution in [-0.4, -0.2) is 37.2 Å². The van der Waals surface area contributed by atoms with Crippen molar-refractivity contribution in [1.29, 1.82) is 0 Å². The summed E-state index contributed by atoms with van der Waals surface area (Å²) in [5.41, 5.74) is 0. The Morgan fingerprint density at radius 3 is 1.00 bits per heavy atom. The maximum absolute atomic E-state index is 12.8. The zero-order valence-corrected chi connectivity index (χ0v) is 43.4. The van der Waals surface area contributed by atoms with E-state index in [4.69, 9.17) is 14.2 Å². The zero-order chi connectivity index (χ0) is 47.9. The Bertz CT molecular complexity index is 1240. The molecule has 0 aromatic heterocycles. The van der Waals surface area contributed by atoms with Crippen molar-refractivity contribution < 1.29 is 28.6 Å². The third kappa shape index (κ3) is 51.8.